The predicted molar refractivity (Wildman–Crippen MR) is 203 cm³/mol. The zero-order chi connectivity index (χ0) is 44.9. The first-order valence-corrected chi connectivity index (χ1v) is 21.1. The van der Waals surface area contributed by atoms with Crippen molar-refractivity contribution in [2.75, 3.05) is 27.9 Å². The van der Waals surface area contributed by atoms with Gasteiger partial charge in [-0.2, -0.15) is 0 Å². The van der Waals surface area contributed by atoms with Gasteiger partial charge < -0.3 is 82.4 Å². The number of esters is 1. The zero-order valence-electron chi connectivity index (χ0n) is 35.7. The highest BCUT2D eigenvalue weighted by Crippen LogP contribution is 2.73. The Balaban J connectivity index is 1.02. The van der Waals surface area contributed by atoms with E-state index in [9.17, 15) is 39.9 Å². The molecule has 0 radical (unpaired) electrons. The molecule has 2 saturated carbocycles. The number of fused-ring (bicyclic) bond motifs is 10. The maximum Gasteiger partial charge on any atom is 0.302 e. The van der Waals surface area contributed by atoms with Gasteiger partial charge in [-0.15, -0.1) is 0 Å². The number of phenolic OH excluding ortho intramolecular Hbond substituents is 1. The van der Waals surface area contributed by atoms with Crippen LogP contribution in [-0.4, -0.2) is 143 Å². The normalized spacial score (nSPS) is 48.0. The molecule has 2 aromatic rings. The summed E-state index contributed by atoms with van der Waals surface area (Å²) in [6, 6.07) is 3.32. The lowest BCUT2D eigenvalue weighted by Gasteiger charge is -2.57. The number of Topliss-reactive ketones (excluding diaryl/α,β-unsaturated/α-hetero) is 2. The molecule has 2 bridgehead atoms. The van der Waals surface area contributed by atoms with Crippen LogP contribution in [0.5, 0.6) is 17.2 Å². The number of rotatable bonds is 10. The van der Waals surface area contributed by atoms with Crippen molar-refractivity contribution >= 4 is 28.3 Å². The molecule has 63 heavy (non-hydrogen) atoms. The van der Waals surface area contributed by atoms with E-state index < -0.39 is 130 Å². The van der Waals surface area contributed by atoms with E-state index in [-0.39, 0.29) is 59.3 Å². The molecule has 5 N–H and O–H groups in total. The minimum Gasteiger partial charge on any atom is -0.506 e. The lowest BCUT2D eigenvalue weighted by Crippen LogP contribution is -2.74. The average Bonchev–Trinajstić information content (AvgIpc) is 3.71. The summed E-state index contributed by atoms with van der Waals surface area (Å²) in [5.74, 6) is -12.5. The van der Waals surface area contributed by atoms with E-state index in [4.69, 9.17) is 56.8 Å². The Bertz CT molecular complexity index is 2380. The summed E-state index contributed by atoms with van der Waals surface area (Å²) in [7, 11) is 4.15. The molecule has 2 aromatic carbocycles. The second-order valence-electron chi connectivity index (χ2n) is 18.7. The van der Waals surface area contributed by atoms with Crippen molar-refractivity contribution in [3.05, 3.63) is 28.8 Å². The van der Waals surface area contributed by atoms with Crippen molar-refractivity contribution in [3.8, 4) is 17.2 Å². The minimum absolute atomic E-state index is 0.0230. The first-order valence-electron chi connectivity index (χ1n) is 21.1. The summed E-state index contributed by atoms with van der Waals surface area (Å²) in [6.07, 6.45) is -9.54. The Hall–Kier alpha value is -3.61. The van der Waals surface area contributed by atoms with Crippen LogP contribution in [0.2, 0.25) is 0 Å². The number of aliphatic hydroxyl groups is 4. The van der Waals surface area contributed by atoms with Crippen LogP contribution in [0, 0.1) is 23.2 Å². The van der Waals surface area contributed by atoms with E-state index in [2.05, 4.69) is 0 Å². The van der Waals surface area contributed by atoms with Crippen molar-refractivity contribution in [1.29, 1.82) is 0 Å². The quantitative estimate of drug-likeness (QED) is 0.128. The SMILES string of the molecule is COc1c2c(c(O)c3c4c(ccc13)C1OC3(C(OC)OC)O[C@@H]1C(OC1CC5C(O)(O1)C(C)C5(O)C(C)=O)(O4)C31CO1)C(=O)C(O)CC2OC1CC2(C)C(OC(C)=O)C(C)C2(O)O1. The fourth-order valence-corrected chi connectivity index (χ4v) is 12.8. The number of epoxide rings is 1. The smallest absolute Gasteiger partial charge is 0.302 e. The standard InChI is InChI=1S/C43H50O20/c1-15-34(56-18(4)45)37(5)13-25(59-41(15,37)51)57-22-11-21(46)29(47)28-27(22)31(52-6)19-9-10-20-32(26(19)30(28)48)61-42(60-24-12-23-39(49,17(3)44)16(2)40(23,50)58-24)35-33(20)62-43(63-35,36(53-7)54-8)38(42)14-55-38/h9-10,15-16,21-25,33-36,46,48-51H,11-14H2,1-8H3/t15?,16?,21?,22?,23?,24?,25?,33?,34?,35-,37?,38?,39?,40?,41?,42?,43?/m0/s1. The first kappa shape index (κ1) is 42.1. The summed E-state index contributed by atoms with van der Waals surface area (Å²) in [5, 5.41) is 58.5. The number of aromatic hydroxyl groups is 1. The van der Waals surface area contributed by atoms with E-state index in [1.54, 1.807) is 26.0 Å². The number of carbonyl (C=O) groups is 3. The summed E-state index contributed by atoms with van der Waals surface area (Å²) < 4.78 is 75.1. The molecule has 5 saturated heterocycles. The first-order chi connectivity index (χ1) is 29.7. The second kappa shape index (κ2) is 12.8. The molecule has 342 valence electrons. The summed E-state index contributed by atoms with van der Waals surface area (Å²) in [5.41, 5.74) is -4.42. The van der Waals surface area contributed by atoms with E-state index >= 15 is 0 Å². The average molecular weight is 887 g/mol. The highest BCUT2D eigenvalue weighted by atomic mass is 16.9. The van der Waals surface area contributed by atoms with Gasteiger partial charge >= 0.3 is 5.97 Å². The number of ether oxygens (including phenoxy) is 12. The van der Waals surface area contributed by atoms with Crippen molar-refractivity contribution < 1.29 is 96.8 Å². The van der Waals surface area contributed by atoms with Gasteiger partial charge in [-0.3, -0.25) is 14.4 Å². The Labute approximate surface area is 359 Å². The fraction of sp³-hybridized carbons (Fsp3) is 0.698. The third-order valence-corrected chi connectivity index (χ3v) is 16.0. The summed E-state index contributed by atoms with van der Waals surface area (Å²) in [4.78, 5) is 38.7. The Morgan fingerprint density at radius 2 is 1.68 bits per heavy atom. The van der Waals surface area contributed by atoms with Crippen LogP contribution < -0.4 is 9.47 Å². The van der Waals surface area contributed by atoms with Gasteiger partial charge in [0.1, 0.15) is 41.2 Å². The molecular formula is C43H50O20. The Morgan fingerprint density at radius 3 is 2.32 bits per heavy atom. The van der Waals surface area contributed by atoms with Crippen molar-refractivity contribution in [2.24, 2.45) is 23.2 Å². The zero-order valence-corrected chi connectivity index (χ0v) is 35.7. The van der Waals surface area contributed by atoms with Gasteiger partial charge in [-0.25, -0.2) is 0 Å². The molecular weight excluding hydrogens is 836 g/mol. The van der Waals surface area contributed by atoms with E-state index in [0.29, 0.717) is 5.56 Å². The van der Waals surface area contributed by atoms with Gasteiger partial charge in [0.05, 0.1) is 42.1 Å². The molecule has 20 nitrogen and oxygen atoms in total. The number of methoxy groups -OCH3 is 3. The number of hydrogen-bond acceptors (Lipinski definition) is 20. The Morgan fingerprint density at radius 1 is 0.968 bits per heavy atom. The highest BCUT2D eigenvalue weighted by molar-refractivity contribution is 6.13. The van der Waals surface area contributed by atoms with Crippen LogP contribution in [-0.2, 0) is 57.0 Å². The summed E-state index contributed by atoms with van der Waals surface area (Å²) in [6.45, 7) is 7.37. The van der Waals surface area contributed by atoms with Crippen molar-refractivity contribution in [1.82, 2.24) is 0 Å². The third-order valence-electron chi connectivity index (χ3n) is 16.0. The van der Waals surface area contributed by atoms with Crippen LogP contribution in [0.4, 0.5) is 0 Å². The maximum atomic E-state index is 14.1. The molecule has 7 fully saturated rings. The molecule has 6 heterocycles. The molecule has 0 aromatic heterocycles. The molecule has 9 aliphatic rings. The number of aliphatic hydroxyl groups excluding tert-OH is 1. The van der Waals surface area contributed by atoms with Crippen LogP contribution in [0.3, 0.4) is 0 Å². The molecule has 0 amide bonds. The predicted octanol–water partition coefficient (Wildman–Crippen LogP) is 1.26. The van der Waals surface area contributed by atoms with Crippen molar-refractivity contribution in [3.63, 3.8) is 0 Å². The maximum absolute atomic E-state index is 14.1. The summed E-state index contributed by atoms with van der Waals surface area (Å²) >= 11 is 0. The largest absolute Gasteiger partial charge is 0.506 e. The molecule has 1 spiro atoms. The molecule has 20 heteroatoms. The van der Waals surface area contributed by atoms with Crippen molar-refractivity contribution in [2.45, 2.75) is 138 Å². The number of benzene rings is 2. The van der Waals surface area contributed by atoms with Gasteiger partial charge in [-0.05, 0) is 13.0 Å². The van der Waals surface area contributed by atoms with Gasteiger partial charge in [-0.1, -0.05) is 26.8 Å². The molecule has 16 unspecified atom stereocenters. The number of ketones is 2. The van der Waals surface area contributed by atoms with Crippen LogP contribution in [0.1, 0.15) is 87.6 Å². The lowest BCUT2D eigenvalue weighted by molar-refractivity contribution is -0.399. The number of hydrogen-bond donors (Lipinski definition) is 5. The second-order valence-corrected chi connectivity index (χ2v) is 18.7. The van der Waals surface area contributed by atoms with Gasteiger partial charge in [0, 0.05) is 68.8 Å². The Kier molecular flexibility index (Phi) is 8.57. The lowest BCUT2D eigenvalue weighted by atomic mass is 9.55. The monoisotopic (exact) mass is 886 g/mol. The van der Waals surface area contributed by atoms with E-state index in [1.165, 1.54) is 42.1 Å². The highest BCUT2D eigenvalue weighted by Gasteiger charge is 2.94. The van der Waals surface area contributed by atoms with Crippen LogP contribution in [0.25, 0.3) is 10.8 Å². The molecule has 17 atom stereocenters. The van der Waals surface area contributed by atoms with Crippen LogP contribution >= 0.6 is 0 Å². The minimum atomic E-state index is -2.02. The fourth-order valence-electron chi connectivity index (χ4n) is 12.8. The van der Waals surface area contributed by atoms with Crippen LogP contribution in [0.15, 0.2) is 12.1 Å². The molecule has 3 aliphatic carbocycles. The van der Waals surface area contributed by atoms with Gasteiger partial charge in [0.15, 0.2) is 41.8 Å². The topological polar surface area (TPSA) is 266 Å². The van der Waals surface area contributed by atoms with Gasteiger partial charge in [0.2, 0.25) is 11.9 Å². The molecule has 11 rings (SSSR count). The van der Waals surface area contributed by atoms with Gasteiger partial charge in [0.25, 0.3) is 11.6 Å². The number of phenols is 1. The van der Waals surface area contributed by atoms with E-state index in [1.807, 2.05) is 0 Å². The molecule has 6 aliphatic heterocycles. The number of carbonyl (C=O) groups excluding carboxylic acids is 3. The van der Waals surface area contributed by atoms with E-state index in [0.717, 1.165) is 0 Å². The third kappa shape index (κ3) is 4.62.